The number of carbonyl (C=O) groups is 1. The number of pyridine rings is 1. The number of aromatic nitrogens is 4. The average Bonchev–Trinajstić information content (AvgIpc) is 3.55. The summed E-state index contributed by atoms with van der Waals surface area (Å²) in [5, 5.41) is 24.3. The summed E-state index contributed by atoms with van der Waals surface area (Å²) in [4.78, 5) is 26.8. The summed E-state index contributed by atoms with van der Waals surface area (Å²) in [6.07, 6.45) is 5.70. The molecule has 0 radical (unpaired) electrons. The molecule has 38 heavy (non-hydrogen) atoms. The lowest BCUT2D eigenvalue weighted by Gasteiger charge is -2.34. The van der Waals surface area contributed by atoms with E-state index in [4.69, 9.17) is 10.1 Å². The van der Waals surface area contributed by atoms with Crippen molar-refractivity contribution in [1.82, 2.24) is 24.5 Å². The number of nitriles is 1. The van der Waals surface area contributed by atoms with Crippen molar-refractivity contribution in [2.24, 2.45) is 5.92 Å². The van der Waals surface area contributed by atoms with Crippen LogP contribution in [0.5, 0.6) is 0 Å². The van der Waals surface area contributed by atoms with E-state index in [0.717, 1.165) is 47.5 Å². The lowest BCUT2D eigenvalue weighted by Crippen LogP contribution is -2.39. The van der Waals surface area contributed by atoms with Crippen molar-refractivity contribution < 1.29 is 9.90 Å². The van der Waals surface area contributed by atoms with Gasteiger partial charge in [0.1, 0.15) is 11.5 Å². The van der Waals surface area contributed by atoms with E-state index in [1.807, 2.05) is 71.5 Å². The van der Waals surface area contributed by atoms with Gasteiger partial charge in [-0.1, -0.05) is 30.3 Å². The van der Waals surface area contributed by atoms with Gasteiger partial charge in [0.25, 0.3) is 5.91 Å². The number of hydrogen-bond donors (Lipinski definition) is 1. The van der Waals surface area contributed by atoms with Gasteiger partial charge in [-0.3, -0.25) is 9.78 Å². The van der Waals surface area contributed by atoms with Crippen LogP contribution in [-0.4, -0.2) is 61.2 Å². The summed E-state index contributed by atoms with van der Waals surface area (Å²) in [5.74, 6) is 0.228. The first-order valence-corrected chi connectivity index (χ1v) is 13.0. The number of hydrogen-bond acceptors (Lipinski definition) is 7. The van der Waals surface area contributed by atoms with Crippen LogP contribution in [0.25, 0.3) is 16.8 Å². The predicted molar refractivity (Wildman–Crippen MR) is 142 cm³/mol. The minimum Gasteiger partial charge on any atom is -0.390 e. The van der Waals surface area contributed by atoms with Crippen molar-refractivity contribution in [3.63, 3.8) is 0 Å². The second kappa shape index (κ2) is 9.88. The molecule has 6 rings (SSSR count). The van der Waals surface area contributed by atoms with Crippen molar-refractivity contribution in [1.29, 1.82) is 5.26 Å². The highest BCUT2D eigenvalue weighted by Gasteiger charge is 2.34. The molecule has 9 nitrogen and oxygen atoms in total. The zero-order valence-electron chi connectivity index (χ0n) is 21.2. The van der Waals surface area contributed by atoms with Gasteiger partial charge in [0.15, 0.2) is 5.65 Å². The van der Waals surface area contributed by atoms with Gasteiger partial charge in [-0.25, -0.2) is 9.50 Å². The third-order valence-electron chi connectivity index (χ3n) is 7.57. The van der Waals surface area contributed by atoms with Crippen LogP contribution >= 0.6 is 0 Å². The number of likely N-dealkylation sites (tertiary alicyclic amines) is 1. The van der Waals surface area contributed by atoms with Gasteiger partial charge in [-0.05, 0) is 49.4 Å². The number of aliphatic hydroxyl groups is 1. The minimum absolute atomic E-state index is 0.0945. The van der Waals surface area contributed by atoms with E-state index >= 15 is 0 Å². The Bertz CT molecular complexity index is 1530. The summed E-state index contributed by atoms with van der Waals surface area (Å²) in [6, 6.07) is 17.7. The SMILES string of the molecule is Cc1cn2nc([C@@H]3CCCCN3C(=O)c3cc(-c4ccccc4)ccn3)cc2nc1N1CC(C#N)[C@@H](O)C1. The molecule has 1 N–H and O–H groups in total. The monoisotopic (exact) mass is 507 g/mol. The maximum Gasteiger partial charge on any atom is 0.273 e. The number of aryl methyl sites for hydroxylation is 1. The van der Waals surface area contributed by atoms with Crippen LogP contribution in [0.4, 0.5) is 5.82 Å². The van der Waals surface area contributed by atoms with E-state index in [-0.39, 0.29) is 11.9 Å². The van der Waals surface area contributed by atoms with E-state index in [2.05, 4.69) is 11.1 Å². The topological polar surface area (TPSA) is 111 Å². The van der Waals surface area contributed by atoms with Gasteiger partial charge < -0.3 is 14.9 Å². The van der Waals surface area contributed by atoms with Crippen molar-refractivity contribution in [3.8, 4) is 17.2 Å². The van der Waals surface area contributed by atoms with Crippen LogP contribution in [0.1, 0.15) is 47.1 Å². The Labute approximate surface area is 221 Å². The highest BCUT2D eigenvalue weighted by molar-refractivity contribution is 5.94. The largest absolute Gasteiger partial charge is 0.390 e. The van der Waals surface area contributed by atoms with Crippen LogP contribution in [-0.2, 0) is 0 Å². The molecular weight excluding hydrogens is 478 g/mol. The van der Waals surface area contributed by atoms with Crippen LogP contribution in [0, 0.1) is 24.2 Å². The third kappa shape index (κ3) is 4.37. The number of piperidine rings is 1. The Balaban J connectivity index is 1.29. The zero-order valence-corrected chi connectivity index (χ0v) is 21.2. The number of fused-ring (bicyclic) bond motifs is 1. The Morgan fingerprint density at radius 1 is 1.11 bits per heavy atom. The molecule has 0 aliphatic carbocycles. The number of aliphatic hydroxyl groups excluding tert-OH is 1. The molecule has 3 aromatic heterocycles. The quantitative estimate of drug-likeness (QED) is 0.447. The number of carbonyl (C=O) groups excluding carboxylic acids is 1. The van der Waals surface area contributed by atoms with Gasteiger partial charge in [0.05, 0.1) is 29.8 Å². The molecule has 192 valence electrons. The van der Waals surface area contributed by atoms with Gasteiger partial charge >= 0.3 is 0 Å². The second-order valence-corrected chi connectivity index (χ2v) is 10.1. The Hall–Kier alpha value is -4.29. The molecule has 2 fully saturated rings. The fourth-order valence-corrected chi connectivity index (χ4v) is 5.58. The van der Waals surface area contributed by atoms with E-state index in [0.29, 0.717) is 31.0 Å². The second-order valence-electron chi connectivity index (χ2n) is 10.1. The fraction of sp³-hybridized carbons (Fsp3) is 0.345. The third-order valence-corrected chi connectivity index (χ3v) is 7.57. The molecule has 0 bridgehead atoms. The number of amides is 1. The molecule has 4 aromatic rings. The summed E-state index contributed by atoms with van der Waals surface area (Å²) in [5.41, 5.74) is 4.83. The van der Waals surface area contributed by atoms with E-state index in [9.17, 15) is 15.2 Å². The first-order valence-electron chi connectivity index (χ1n) is 13.0. The van der Waals surface area contributed by atoms with Gasteiger partial charge in [0.2, 0.25) is 0 Å². The van der Waals surface area contributed by atoms with E-state index in [1.165, 1.54) is 0 Å². The summed E-state index contributed by atoms with van der Waals surface area (Å²) >= 11 is 0. The van der Waals surface area contributed by atoms with Gasteiger partial charge in [-0.15, -0.1) is 0 Å². The van der Waals surface area contributed by atoms with Crippen LogP contribution in [0.3, 0.4) is 0 Å². The normalized spacial score (nSPS) is 21.6. The molecule has 0 saturated carbocycles. The first kappa shape index (κ1) is 24.1. The predicted octanol–water partition coefficient (Wildman–Crippen LogP) is 3.79. The molecule has 9 heteroatoms. The molecule has 1 amide bonds. The molecular formula is C29H29N7O2. The van der Waals surface area contributed by atoms with Crippen LogP contribution in [0.2, 0.25) is 0 Å². The van der Waals surface area contributed by atoms with Crippen molar-refractivity contribution in [2.45, 2.75) is 38.3 Å². The van der Waals surface area contributed by atoms with E-state index < -0.39 is 12.0 Å². The molecule has 1 unspecified atom stereocenters. The lowest BCUT2D eigenvalue weighted by molar-refractivity contribution is 0.0599. The van der Waals surface area contributed by atoms with Gasteiger partial charge in [-0.2, -0.15) is 10.4 Å². The Morgan fingerprint density at radius 2 is 1.95 bits per heavy atom. The number of β-amino-alcohol motifs (C(OH)–C–C–N with tert-alkyl or cyclic N) is 1. The molecule has 2 aliphatic rings. The maximum atomic E-state index is 13.7. The summed E-state index contributed by atoms with van der Waals surface area (Å²) in [7, 11) is 0. The maximum absolute atomic E-state index is 13.7. The molecule has 5 heterocycles. The average molecular weight is 508 g/mol. The fourth-order valence-electron chi connectivity index (χ4n) is 5.58. The number of anilines is 1. The number of nitrogens with zero attached hydrogens (tertiary/aromatic N) is 7. The van der Waals surface area contributed by atoms with Crippen molar-refractivity contribution in [3.05, 3.63) is 77.9 Å². The highest BCUT2D eigenvalue weighted by atomic mass is 16.3. The molecule has 1 aromatic carbocycles. The highest BCUT2D eigenvalue weighted by Crippen LogP contribution is 2.33. The standard InChI is InChI=1S/C29H29N7O2/c1-19-16-36-27(32-28(19)34-17-22(15-30)26(37)18-34)14-23(33-36)25-9-5-6-12-35(25)29(38)24-13-21(10-11-31-24)20-7-3-2-4-8-20/h2-4,7-8,10-11,13-14,16,22,25-26,37H,5-6,9,12,17-18H2,1H3/t22?,25-,26-/m0/s1. The van der Waals surface area contributed by atoms with Crippen molar-refractivity contribution in [2.75, 3.05) is 24.5 Å². The molecule has 0 spiro atoms. The van der Waals surface area contributed by atoms with Crippen molar-refractivity contribution >= 4 is 17.4 Å². The summed E-state index contributed by atoms with van der Waals surface area (Å²) < 4.78 is 1.76. The lowest BCUT2D eigenvalue weighted by atomic mass is 9.98. The molecule has 3 atom stereocenters. The summed E-state index contributed by atoms with van der Waals surface area (Å²) in [6.45, 7) is 3.43. The van der Waals surface area contributed by atoms with Crippen LogP contribution in [0.15, 0.2) is 60.9 Å². The number of benzene rings is 1. The smallest absolute Gasteiger partial charge is 0.273 e. The first-order chi connectivity index (χ1) is 18.5. The minimum atomic E-state index is -0.686. The Kier molecular flexibility index (Phi) is 6.26. The molecule has 2 aliphatic heterocycles. The van der Waals surface area contributed by atoms with E-state index in [1.54, 1.807) is 10.7 Å². The Morgan fingerprint density at radius 3 is 2.74 bits per heavy atom. The number of rotatable bonds is 4. The van der Waals surface area contributed by atoms with Gasteiger partial charge in [0, 0.05) is 43.7 Å². The molecule has 2 saturated heterocycles. The zero-order chi connectivity index (χ0) is 26.2. The van der Waals surface area contributed by atoms with Crippen LogP contribution < -0.4 is 4.90 Å².